The van der Waals surface area contributed by atoms with Crippen LogP contribution in [-0.2, 0) is 11.3 Å². The Morgan fingerprint density at radius 2 is 2.22 bits per heavy atom. The first kappa shape index (κ1) is 12.9. The van der Waals surface area contributed by atoms with Crippen molar-refractivity contribution >= 4 is 34.6 Å². The lowest BCUT2D eigenvalue weighted by atomic mass is 10.1. The Hall–Kier alpha value is -1.52. The van der Waals surface area contributed by atoms with Gasteiger partial charge in [0.1, 0.15) is 6.61 Å². The van der Waals surface area contributed by atoms with Crippen LogP contribution in [0.2, 0.25) is 5.02 Å². The number of ether oxygens (including phenoxy) is 1. The quantitative estimate of drug-likeness (QED) is 0.690. The number of thiophene rings is 1. The molecule has 2 aromatic rings. The van der Waals surface area contributed by atoms with Crippen molar-refractivity contribution in [3.8, 4) is 0 Å². The van der Waals surface area contributed by atoms with Crippen LogP contribution in [0, 0.1) is 6.92 Å². The molecule has 1 heterocycles. The number of anilines is 1. The van der Waals surface area contributed by atoms with E-state index in [4.69, 9.17) is 22.1 Å². The molecule has 18 heavy (non-hydrogen) atoms. The Balaban J connectivity index is 2.04. The van der Waals surface area contributed by atoms with Gasteiger partial charge in [-0.15, -0.1) is 11.3 Å². The van der Waals surface area contributed by atoms with Crippen molar-refractivity contribution in [2.45, 2.75) is 13.5 Å². The summed E-state index contributed by atoms with van der Waals surface area (Å²) in [5.74, 6) is -0.397. The van der Waals surface area contributed by atoms with Crippen LogP contribution in [0.3, 0.4) is 0 Å². The molecule has 0 aliphatic heterocycles. The zero-order valence-corrected chi connectivity index (χ0v) is 11.3. The molecule has 0 radical (unpaired) electrons. The van der Waals surface area contributed by atoms with Crippen LogP contribution in [0.1, 0.15) is 20.8 Å². The Bertz CT molecular complexity index is 580. The number of hydrogen-bond acceptors (Lipinski definition) is 4. The fourth-order valence-corrected chi connectivity index (χ4v) is 2.41. The van der Waals surface area contributed by atoms with Gasteiger partial charge in [0.15, 0.2) is 0 Å². The highest BCUT2D eigenvalue weighted by atomic mass is 35.5. The fourth-order valence-electron chi connectivity index (χ4n) is 1.41. The highest BCUT2D eigenvalue weighted by Gasteiger charge is 2.10. The Morgan fingerprint density at radius 1 is 1.44 bits per heavy atom. The molecule has 0 bridgehead atoms. The number of carbonyl (C=O) groups excluding carboxylic acids is 1. The number of benzene rings is 1. The van der Waals surface area contributed by atoms with Crippen molar-refractivity contribution in [2.75, 3.05) is 5.73 Å². The van der Waals surface area contributed by atoms with Crippen LogP contribution in [-0.4, -0.2) is 5.97 Å². The summed E-state index contributed by atoms with van der Waals surface area (Å²) < 4.78 is 5.18. The third-order valence-electron chi connectivity index (χ3n) is 2.54. The average Bonchev–Trinajstić information content (AvgIpc) is 2.75. The minimum Gasteiger partial charge on any atom is -0.456 e. The van der Waals surface area contributed by atoms with Gasteiger partial charge < -0.3 is 10.5 Å². The van der Waals surface area contributed by atoms with Crippen LogP contribution in [0.15, 0.2) is 29.6 Å². The first-order valence-electron chi connectivity index (χ1n) is 5.33. The van der Waals surface area contributed by atoms with Crippen LogP contribution in [0.5, 0.6) is 0 Å². The lowest BCUT2D eigenvalue weighted by Crippen LogP contribution is -2.05. The van der Waals surface area contributed by atoms with Gasteiger partial charge in [0, 0.05) is 5.69 Å². The molecule has 3 nitrogen and oxygen atoms in total. The Morgan fingerprint density at radius 3 is 2.83 bits per heavy atom. The third kappa shape index (κ3) is 2.83. The molecule has 1 aromatic heterocycles. The number of rotatable bonds is 3. The predicted molar refractivity (Wildman–Crippen MR) is 74.0 cm³/mol. The van der Waals surface area contributed by atoms with E-state index in [1.807, 2.05) is 12.3 Å². The Labute approximate surface area is 114 Å². The molecule has 2 rings (SSSR count). The average molecular weight is 282 g/mol. The summed E-state index contributed by atoms with van der Waals surface area (Å²) in [4.78, 5) is 12.6. The second kappa shape index (κ2) is 5.42. The summed E-state index contributed by atoms with van der Waals surface area (Å²) in [5, 5.41) is 2.48. The number of nitrogens with two attached hydrogens (primary N) is 1. The molecule has 0 atom stereocenters. The van der Waals surface area contributed by atoms with Crippen LogP contribution in [0.4, 0.5) is 5.69 Å². The summed E-state index contributed by atoms with van der Waals surface area (Å²) in [6.45, 7) is 2.07. The van der Waals surface area contributed by atoms with Gasteiger partial charge in [0.25, 0.3) is 0 Å². The van der Waals surface area contributed by atoms with Crippen molar-refractivity contribution in [2.24, 2.45) is 0 Å². The van der Waals surface area contributed by atoms with Gasteiger partial charge in [-0.25, -0.2) is 4.79 Å². The maximum Gasteiger partial charge on any atom is 0.338 e. The van der Waals surface area contributed by atoms with Crippen molar-refractivity contribution in [3.05, 3.63) is 50.7 Å². The number of nitrogen functional groups attached to an aromatic ring is 1. The molecule has 5 heteroatoms. The largest absolute Gasteiger partial charge is 0.456 e. The molecule has 0 fully saturated rings. The van der Waals surface area contributed by atoms with E-state index in [2.05, 4.69) is 0 Å². The molecule has 0 spiro atoms. The standard InChI is InChI=1S/C13H12ClNO2S/c1-8-2-3-9(6-11(8)15)13(16)17-7-12-10(14)4-5-18-12/h2-6H,7,15H2,1H3. The lowest BCUT2D eigenvalue weighted by molar-refractivity contribution is 0.0477. The summed E-state index contributed by atoms with van der Waals surface area (Å²) in [7, 11) is 0. The summed E-state index contributed by atoms with van der Waals surface area (Å²) >= 11 is 7.37. The summed E-state index contributed by atoms with van der Waals surface area (Å²) in [5.41, 5.74) is 7.72. The number of hydrogen-bond donors (Lipinski definition) is 1. The minimum atomic E-state index is -0.397. The van der Waals surface area contributed by atoms with Crippen LogP contribution >= 0.6 is 22.9 Å². The number of aryl methyl sites for hydroxylation is 1. The van der Waals surface area contributed by atoms with Gasteiger partial charge in [0.05, 0.1) is 15.5 Å². The molecule has 0 aliphatic carbocycles. The normalized spacial score (nSPS) is 10.3. The van der Waals surface area contributed by atoms with Gasteiger partial charge in [-0.2, -0.15) is 0 Å². The number of esters is 1. The molecule has 0 aliphatic rings. The highest BCUT2D eigenvalue weighted by molar-refractivity contribution is 7.10. The molecule has 0 saturated heterocycles. The molecule has 0 amide bonds. The van der Waals surface area contributed by atoms with E-state index < -0.39 is 5.97 Å². The van der Waals surface area contributed by atoms with Crippen LogP contribution in [0.25, 0.3) is 0 Å². The van der Waals surface area contributed by atoms with Gasteiger partial charge >= 0.3 is 5.97 Å². The topological polar surface area (TPSA) is 52.3 Å². The van der Waals surface area contributed by atoms with E-state index in [1.54, 1.807) is 24.3 Å². The van der Waals surface area contributed by atoms with Gasteiger partial charge in [-0.05, 0) is 36.1 Å². The Kier molecular flexibility index (Phi) is 3.89. The van der Waals surface area contributed by atoms with Crippen molar-refractivity contribution in [1.29, 1.82) is 0 Å². The van der Waals surface area contributed by atoms with Gasteiger partial charge in [0.2, 0.25) is 0 Å². The van der Waals surface area contributed by atoms with Crippen LogP contribution < -0.4 is 5.73 Å². The van der Waals surface area contributed by atoms with E-state index in [1.165, 1.54) is 11.3 Å². The van der Waals surface area contributed by atoms with E-state index in [0.29, 0.717) is 16.3 Å². The predicted octanol–water partition coefficient (Wildman–Crippen LogP) is 3.65. The number of carbonyl (C=O) groups is 1. The highest BCUT2D eigenvalue weighted by Crippen LogP contribution is 2.23. The van der Waals surface area contributed by atoms with E-state index in [-0.39, 0.29) is 6.61 Å². The first-order valence-corrected chi connectivity index (χ1v) is 6.59. The van der Waals surface area contributed by atoms with Crippen molar-refractivity contribution in [3.63, 3.8) is 0 Å². The van der Waals surface area contributed by atoms with Gasteiger partial charge in [-0.1, -0.05) is 17.7 Å². The molecule has 0 unspecified atom stereocenters. The zero-order valence-electron chi connectivity index (χ0n) is 9.77. The second-order valence-corrected chi connectivity index (χ2v) is 5.25. The molecular formula is C13H12ClNO2S. The van der Waals surface area contributed by atoms with E-state index in [0.717, 1.165) is 10.4 Å². The third-order valence-corrected chi connectivity index (χ3v) is 3.90. The molecule has 94 valence electrons. The summed E-state index contributed by atoms with van der Waals surface area (Å²) in [6, 6.07) is 6.89. The fraction of sp³-hybridized carbons (Fsp3) is 0.154. The molecule has 2 N–H and O–H groups in total. The van der Waals surface area contributed by atoms with E-state index >= 15 is 0 Å². The monoisotopic (exact) mass is 281 g/mol. The van der Waals surface area contributed by atoms with Crippen molar-refractivity contribution < 1.29 is 9.53 Å². The van der Waals surface area contributed by atoms with E-state index in [9.17, 15) is 4.79 Å². The molecule has 0 saturated carbocycles. The lowest BCUT2D eigenvalue weighted by Gasteiger charge is -2.06. The molecule has 1 aromatic carbocycles. The molecular weight excluding hydrogens is 270 g/mol. The smallest absolute Gasteiger partial charge is 0.338 e. The second-order valence-electron chi connectivity index (χ2n) is 3.84. The van der Waals surface area contributed by atoms with Gasteiger partial charge in [-0.3, -0.25) is 0 Å². The number of halogens is 1. The first-order chi connectivity index (χ1) is 8.58. The minimum absolute atomic E-state index is 0.184. The maximum atomic E-state index is 11.8. The zero-order chi connectivity index (χ0) is 13.1. The maximum absolute atomic E-state index is 11.8. The summed E-state index contributed by atoms with van der Waals surface area (Å²) in [6.07, 6.45) is 0. The SMILES string of the molecule is Cc1ccc(C(=O)OCc2sccc2Cl)cc1N. The van der Waals surface area contributed by atoms with Crippen molar-refractivity contribution in [1.82, 2.24) is 0 Å².